The SMILES string of the molecule is O=C(Nc1cc(C(F)(F)F)ccn1)C1CC(c2ccccc2)OC1=O. The Labute approximate surface area is 140 Å². The van der Waals surface area contributed by atoms with E-state index in [9.17, 15) is 22.8 Å². The highest BCUT2D eigenvalue weighted by Gasteiger charge is 2.40. The van der Waals surface area contributed by atoms with Crippen LogP contribution in [0.25, 0.3) is 0 Å². The molecule has 1 aliphatic heterocycles. The fourth-order valence-corrected chi connectivity index (χ4v) is 2.56. The number of cyclic esters (lactones) is 1. The van der Waals surface area contributed by atoms with Gasteiger partial charge in [-0.15, -0.1) is 0 Å². The van der Waals surface area contributed by atoms with Crippen LogP contribution in [0.4, 0.5) is 19.0 Å². The van der Waals surface area contributed by atoms with E-state index in [1.54, 1.807) is 24.3 Å². The van der Waals surface area contributed by atoms with E-state index >= 15 is 0 Å². The highest BCUT2D eigenvalue weighted by molar-refractivity contribution is 6.05. The number of carbonyl (C=O) groups excluding carboxylic acids is 2. The summed E-state index contributed by atoms with van der Waals surface area (Å²) in [5, 5.41) is 2.25. The summed E-state index contributed by atoms with van der Waals surface area (Å²) in [6.45, 7) is 0. The highest BCUT2D eigenvalue weighted by atomic mass is 19.4. The van der Waals surface area contributed by atoms with Gasteiger partial charge >= 0.3 is 12.1 Å². The van der Waals surface area contributed by atoms with Gasteiger partial charge in [0.1, 0.15) is 17.8 Å². The van der Waals surface area contributed by atoms with Gasteiger partial charge in [-0.1, -0.05) is 30.3 Å². The van der Waals surface area contributed by atoms with E-state index in [0.717, 1.165) is 17.8 Å². The number of benzene rings is 1. The molecule has 1 amide bonds. The van der Waals surface area contributed by atoms with E-state index in [2.05, 4.69) is 10.3 Å². The van der Waals surface area contributed by atoms with Crippen molar-refractivity contribution in [3.63, 3.8) is 0 Å². The van der Waals surface area contributed by atoms with E-state index in [1.165, 1.54) is 0 Å². The van der Waals surface area contributed by atoms with Crippen LogP contribution in [0.15, 0.2) is 48.7 Å². The van der Waals surface area contributed by atoms with Gasteiger partial charge in [-0.05, 0) is 17.7 Å². The van der Waals surface area contributed by atoms with Crippen LogP contribution in [0.5, 0.6) is 0 Å². The topological polar surface area (TPSA) is 68.3 Å². The lowest BCUT2D eigenvalue weighted by molar-refractivity contribution is -0.146. The molecule has 1 fully saturated rings. The Morgan fingerprint density at radius 1 is 1.20 bits per heavy atom. The van der Waals surface area contributed by atoms with Gasteiger partial charge in [-0.25, -0.2) is 4.98 Å². The summed E-state index contributed by atoms with van der Waals surface area (Å²) in [6.07, 6.45) is -4.04. The molecule has 3 rings (SSSR count). The van der Waals surface area contributed by atoms with Crippen molar-refractivity contribution >= 4 is 17.7 Å². The molecule has 1 aromatic carbocycles. The minimum Gasteiger partial charge on any atom is -0.457 e. The zero-order valence-corrected chi connectivity index (χ0v) is 12.8. The Hall–Kier alpha value is -2.90. The third kappa shape index (κ3) is 3.78. The average Bonchev–Trinajstić information content (AvgIpc) is 2.97. The van der Waals surface area contributed by atoms with Crippen molar-refractivity contribution in [2.24, 2.45) is 5.92 Å². The number of halogens is 3. The van der Waals surface area contributed by atoms with Gasteiger partial charge in [0.25, 0.3) is 0 Å². The van der Waals surface area contributed by atoms with E-state index in [4.69, 9.17) is 4.74 Å². The van der Waals surface area contributed by atoms with Crippen LogP contribution in [-0.4, -0.2) is 16.9 Å². The zero-order valence-electron chi connectivity index (χ0n) is 12.8. The highest BCUT2D eigenvalue weighted by Crippen LogP contribution is 2.34. The number of nitrogens with zero attached hydrogens (tertiary/aromatic N) is 1. The number of nitrogens with one attached hydrogen (secondary N) is 1. The first-order valence-electron chi connectivity index (χ1n) is 7.44. The predicted molar refractivity (Wildman–Crippen MR) is 81.3 cm³/mol. The number of alkyl halides is 3. The average molecular weight is 350 g/mol. The normalized spacial score (nSPS) is 20.2. The van der Waals surface area contributed by atoms with Gasteiger partial charge in [-0.2, -0.15) is 13.2 Å². The number of esters is 1. The largest absolute Gasteiger partial charge is 0.457 e. The third-order valence-electron chi connectivity index (χ3n) is 3.82. The molecular formula is C17H13F3N2O3. The summed E-state index contributed by atoms with van der Waals surface area (Å²) in [7, 11) is 0. The van der Waals surface area contributed by atoms with Crippen molar-refractivity contribution in [3.05, 3.63) is 59.8 Å². The monoisotopic (exact) mass is 350 g/mol. The van der Waals surface area contributed by atoms with Crippen LogP contribution in [-0.2, 0) is 20.5 Å². The second kappa shape index (κ2) is 6.54. The summed E-state index contributed by atoms with van der Waals surface area (Å²) in [5.74, 6) is -2.81. The standard InChI is InChI=1S/C17H13F3N2O3/c18-17(19,20)11-6-7-21-14(8-11)22-15(23)12-9-13(25-16(12)24)10-4-2-1-3-5-10/h1-8,12-13H,9H2,(H,21,22,23). The maximum Gasteiger partial charge on any atom is 0.416 e. The zero-order chi connectivity index (χ0) is 18.0. The van der Waals surface area contributed by atoms with Crippen molar-refractivity contribution in [1.82, 2.24) is 4.98 Å². The maximum absolute atomic E-state index is 12.7. The summed E-state index contributed by atoms with van der Waals surface area (Å²) in [6, 6.07) is 10.4. The lowest BCUT2D eigenvalue weighted by atomic mass is 9.99. The van der Waals surface area contributed by atoms with Gasteiger partial charge in [0.05, 0.1) is 5.56 Å². The molecule has 2 heterocycles. The van der Waals surface area contributed by atoms with Crippen molar-refractivity contribution in [1.29, 1.82) is 0 Å². The molecule has 1 aliphatic rings. The first kappa shape index (κ1) is 16.9. The van der Waals surface area contributed by atoms with Crippen LogP contribution in [0, 0.1) is 5.92 Å². The number of amides is 1. The Morgan fingerprint density at radius 3 is 2.60 bits per heavy atom. The summed E-state index contributed by atoms with van der Waals surface area (Å²) < 4.78 is 43.3. The number of pyridine rings is 1. The Morgan fingerprint density at radius 2 is 1.92 bits per heavy atom. The molecule has 25 heavy (non-hydrogen) atoms. The van der Waals surface area contributed by atoms with Crippen molar-refractivity contribution in [3.8, 4) is 0 Å². The summed E-state index contributed by atoms with van der Waals surface area (Å²) in [5.41, 5.74) is -0.183. The molecule has 0 aliphatic carbocycles. The maximum atomic E-state index is 12.7. The molecular weight excluding hydrogens is 337 g/mol. The Balaban J connectivity index is 1.71. The van der Waals surface area contributed by atoms with Crippen molar-refractivity contribution in [2.45, 2.75) is 18.7 Å². The van der Waals surface area contributed by atoms with Crippen LogP contribution in [0.1, 0.15) is 23.7 Å². The smallest absolute Gasteiger partial charge is 0.416 e. The summed E-state index contributed by atoms with van der Waals surface area (Å²) >= 11 is 0. The Bertz CT molecular complexity index is 793. The van der Waals surface area contributed by atoms with Crippen LogP contribution < -0.4 is 5.32 Å². The number of carbonyl (C=O) groups is 2. The van der Waals surface area contributed by atoms with Crippen LogP contribution >= 0.6 is 0 Å². The van der Waals surface area contributed by atoms with Gasteiger partial charge in [0.2, 0.25) is 5.91 Å². The van der Waals surface area contributed by atoms with Gasteiger partial charge in [-0.3, -0.25) is 9.59 Å². The van der Waals surface area contributed by atoms with E-state index in [1.807, 2.05) is 6.07 Å². The number of aromatic nitrogens is 1. The molecule has 1 N–H and O–H groups in total. The molecule has 130 valence electrons. The summed E-state index contributed by atoms with van der Waals surface area (Å²) in [4.78, 5) is 27.8. The number of hydrogen-bond acceptors (Lipinski definition) is 4. The fraction of sp³-hybridized carbons (Fsp3) is 0.235. The first-order chi connectivity index (χ1) is 11.8. The molecule has 1 aromatic heterocycles. The number of hydrogen-bond donors (Lipinski definition) is 1. The molecule has 8 heteroatoms. The van der Waals surface area contributed by atoms with E-state index in [-0.39, 0.29) is 12.2 Å². The fourth-order valence-electron chi connectivity index (χ4n) is 2.56. The first-order valence-corrected chi connectivity index (χ1v) is 7.44. The van der Waals surface area contributed by atoms with Gasteiger partial charge in [0, 0.05) is 12.6 Å². The van der Waals surface area contributed by atoms with Crippen molar-refractivity contribution in [2.75, 3.05) is 5.32 Å². The second-order valence-corrected chi connectivity index (χ2v) is 5.54. The number of ether oxygens (including phenoxy) is 1. The quantitative estimate of drug-likeness (QED) is 0.681. The van der Waals surface area contributed by atoms with Crippen LogP contribution in [0.2, 0.25) is 0 Å². The molecule has 0 radical (unpaired) electrons. The lowest BCUT2D eigenvalue weighted by Gasteiger charge is -2.10. The second-order valence-electron chi connectivity index (χ2n) is 5.54. The molecule has 0 saturated carbocycles. The molecule has 0 bridgehead atoms. The predicted octanol–water partition coefficient (Wildman–Crippen LogP) is 3.34. The molecule has 2 atom stereocenters. The van der Waals surface area contributed by atoms with Gasteiger partial charge in [0.15, 0.2) is 0 Å². The molecule has 2 unspecified atom stereocenters. The molecule has 5 nitrogen and oxygen atoms in total. The van der Waals surface area contributed by atoms with E-state index < -0.39 is 35.6 Å². The molecule has 2 aromatic rings. The van der Waals surface area contributed by atoms with Crippen molar-refractivity contribution < 1.29 is 27.5 Å². The minimum absolute atomic E-state index is 0.119. The number of anilines is 1. The lowest BCUT2D eigenvalue weighted by Crippen LogP contribution is -2.26. The third-order valence-corrected chi connectivity index (χ3v) is 3.82. The van der Waals surface area contributed by atoms with Gasteiger partial charge < -0.3 is 10.1 Å². The van der Waals surface area contributed by atoms with E-state index in [0.29, 0.717) is 6.07 Å². The molecule has 0 spiro atoms. The van der Waals surface area contributed by atoms with Crippen LogP contribution in [0.3, 0.4) is 0 Å². The number of rotatable bonds is 3. The Kier molecular flexibility index (Phi) is 4.43. The molecule has 1 saturated heterocycles. The minimum atomic E-state index is -4.55.